The van der Waals surface area contributed by atoms with Gasteiger partial charge in [-0.1, -0.05) is 50.7 Å². The molecule has 5 heteroatoms. The number of rotatable bonds is 6. The average Bonchev–Trinajstić information content (AvgIpc) is 2.46. The molecule has 1 aromatic rings. The van der Waals surface area contributed by atoms with Crippen LogP contribution >= 0.6 is 0 Å². The predicted octanol–water partition coefficient (Wildman–Crippen LogP) is 1.71. The third-order valence-corrected chi connectivity index (χ3v) is 4.70. The van der Waals surface area contributed by atoms with Gasteiger partial charge >= 0.3 is 0 Å². The summed E-state index contributed by atoms with van der Waals surface area (Å²) in [4.78, 5) is 0.215. The lowest BCUT2D eigenvalue weighted by molar-refractivity contribution is 0.479. The topological polar surface area (TPSA) is 72.2 Å². The number of nitrogens with two attached hydrogens (primary N) is 1. The predicted molar refractivity (Wildman–Crippen MR) is 81.6 cm³/mol. The van der Waals surface area contributed by atoms with Gasteiger partial charge in [0.25, 0.3) is 0 Å². The Bertz CT molecular complexity index is 581. The fourth-order valence-corrected chi connectivity index (χ4v) is 3.11. The standard InChI is InChI=1S/C15H22N2O2S/c1-3-13(4-2)12-17-20(18,19)15-10-6-5-8-14(15)9-7-11-16/h5-6,8,10,13,17H,3-4,11-12,16H2,1-2H3. The number of nitrogens with one attached hydrogen (secondary N) is 1. The van der Waals surface area contributed by atoms with E-state index in [1.165, 1.54) is 0 Å². The Balaban J connectivity index is 2.98. The van der Waals surface area contributed by atoms with Crippen LogP contribution < -0.4 is 10.5 Å². The third kappa shape index (κ3) is 4.64. The summed E-state index contributed by atoms with van der Waals surface area (Å²) in [6, 6.07) is 6.71. The summed E-state index contributed by atoms with van der Waals surface area (Å²) in [6.45, 7) is 4.77. The number of hydrogen-bond donors (Lipinski definition) is 2. The van der Waals surface area contributed by atoms with E-state index < -0.39 is 10.0 Å². The molecule has 20 heavy (non-hydrogen) atoms. The molecule has 4 nitrogen and oxygen atoms in total. The highest BCUT2D eigenvalue weighted by Crippen LogP contribution is 2.15. The molecule has 0 aliphatic rings. The van der Waals surface area contributed by atoms with Gasteiger partial charge in [-0.3, -0.25) is 0 Å². The Morgan fingerprint density at radius 2 is 1.90 bits per heavy atom. The van der Waals surface area contributed by atoms with Crippen LogP contribution in [0.2, 0.25) is 0 Å². The van der Waals surface area contributed by atoms with Crippen molar-refractivity contribution in [3.05, 3.63) is 29.8 Å². The summed E-state index contributed by atoms with van der Waals surface area (Å²) in [6.07, 6.45) is 1.90. The molecular weight excluding hydrogens is 272 g/mol. The van der Waals surface area contributed by atoms with Gasteiger partial charge in [0.2, 0.25) is 10.0 Å². The lowest BCUT2D eigenvalue weighted by Crippen LogP contribution is -2.29. The summed E-state index contributed by atoms with van der Waals surface area (Å²) in [5.74, 6) is 5.84. The van der Waals surface area contributed by atoms with Gasteiger partial charge in [-0.05, 0) is 18.1 Å². The van der Waals surface area contributed by atoms with Crippen molar-refractivity contribution in [3.63, 3.8) is 0 Å². The summed E-state index contributed by atoms with van der Waals surface area (Å²) in [5, 5.41) is 0. The lowest BCUT2D eigenvalue weighted by atomic mass is 10.0. The highest BCUT2D eigenvalue weighted by atomic mass is 32.2. The molecule has 1 rings (SSSR count). The number of benzene rings is 1. The normalized spacial score (nSPS) is 11.2. The van der Waals surface area contributed by atoms with Crippen molar-refractivity contribution in [1.29, 1.82) is 0 Å². The maximum atomic E-state index is 12.3. The second-order valence-electron chi connectivity index (χ2n) is 4.54. The van der Waals surface area contributed by atoms with Crippen molar-refractivity contribution in [2.24, 2.45) is 11.7 Å². The molecule has 0 bridgehead atoms. The number of hydrogen-bond acceptors (Lipinski definition) is 3. The molecule has 0 heterocycles. The van der Waals surface area contributed by atoms with Crippen molar-refractivity contribution in [1.82, 2.24) is 4.72 Å². The van der Waals surface area contributed by atoms with Gasteiger partial charge in [-0.15, -0.1) is 0 Å². The molecule has 1 aromatic carbocycles. The van der Waals surface area contributed by atoms with Gasteiger partial charge in [-0.2, -0.15) is 0 Å². The minimum absolute atomic E-state index is 0.204. The molecule has 0 radical (unpaired) electrons. The first-order valence-corrected chi connectivity index (χ1v) is 8.31. The Labute approximate surface area is 121 Å². The second-order valence-corrected chi connectivity index (χ2v) is 6.27. The molecule has 0 saturated heterocycles. The first kappa shape index (κ1) is 16.7. The molecule has 3 N–H and O–H groups in total. The van der Waals surface area contributed by atoms with E-state index in [1.807, 2.05) is 0 Å². The van der Waals surface area contributed by atoms with E-state index in [2.05, 4.69) is 30.4 Å². The van der Waals surface area contributed by atoms with E-state index >= 15 is 0 Å². The minimum Gasteiger partial charge on any atom is -0.320 e. The van der Waals surface area contributed by atoms with Gasteiger partial charge in [-0.25, -0.2) is 13.1 Å². The molecule has 0 saturated carbocycles. The minimum atomic E-state index is -3.53. The smallest absolute Gasteiger partial charge is 0.241 e. The molecule has 0 amide bonds. The quantitative estimate of drug-likeness (QED) is 0.785. The van der Waals surface area contributed by atoms with Crippen LogP contribution in [0.25, 0.3) is 0 Å². The van der Waals surface area contributed by atoms with E-state index in [4.69, 9.17) is 5.73 Å². The SMILES string of the molecule is CCC(CC)CNS(=O)(=O)c1ccccc1C#CCN. The molecule has 0 spiro atoms. The van der Waals surface area contributed by atoms with Crippen molar-refractivity contribution in [2.45, 2.75) is 31.6 Å². The van der Waals surface area contributed by atoms with Gasteiger partial charge in [0.1, 0.15) is 0 Å². The fourth-order valence-electron chi connectivity index (χ4n) is 1.83. The van der Waals surface area contributed by atoms with Crippen LogP contribution in [0.5, 0.6) is 0 Å². The van der Waals surface area contributed by atoms with E-state index in [-0.39, 0.29) is 11.4 Å². The van der Waals surface area contributed by atoms with Crippen molar-refractivity contribution < 1.29 is 8.42 Å². The van der Waals surface area contributed by atoms with Crippen molar-refractivity contribution >= 4 is 10.0 Å². The van der Waals surface area contributed by atoms with Gasteiger partial charge in [0.15, 0.2) is 0 Å². The first-order valence-electron chi connectivity index (χ1n) is 6.82. The Morgan fingerprint density at radius 3 is 2.50 bits per heavy atom. The highest BCUT2D eigenvalue weighted by molar-refractivity contribution is 7.89. The third-order valence-electron chi connectivity index (χ3n) is 3.22. The van der Waals surface area contributed by atoms with Gasteiger partial charge in [0.05, 0.1) is 11.4 Å². The average molecular weight is 294 g/mol. The Morgan fingerprint density at radius 1 is 1.25 bits per heavy atom. The number of sulfonamides is 1. The van der Waals surface area contributed by atoms with Crippen LogP contribution in [0.1, 0.15) is 32.3 Å². The van der Waals surface area contributed by atoms with Crippen LogP contribution in [0.4, 0.5) is 0 Å². The van der Waals surface area contributed by atoms with Gasteiger partial charge < -0.3 is 5.73 Å². The zero-order chi connectivity index (χ0) is 15.0. The van der Waals surface area contributed by atoms with E-state index in [1.54, 1.807) is 24.3 Å². The van der Waals surface area contributed by atoms with Crippen LogP contribution in [-0.2, 0) is 10.0 Å². The molecule has 0 aliphatic heterocycles. The largest absolute Gasteiger partial charge is 0.320 e. The highest BCUT2D eigenvalue weighted by Gasteiger charge is 2.18. The van der Waals surface area contributed by atoms with Crippen LogP contribution in [0.15, 0.2) is 29.2 Å². The monoisotopic (exact) mass is 294 g/mol. The van der Waals surface area contributed by atoms with E-state index in [0.29, 0.717) is 18.0 Å². The summed E-state index contributed by atoms with van der Waals surface area (Å²) < 4.78 is 27.4. The van der Waals surface area contributed by atoms with Crippen molar-refractivity contribution in [2.75, 3.05) is 13.1 Å². The second kappa shape index (κ2) is 8.05. The molecule has 0 aromatic heterocycles. The molecule has 110 valence electrons. The molecule has 0 unspecified atom stereocenters. The summed E-state index contributed by atoms with van der Waals surface area (Å²) >= 11 is 0. The van der Waals surface area contributed by atoms with Crippen LogP contribution in [0, 0.1) is 17.8 Å². The van der Waals surface area contributed by atoms with E-state index in [0.717, 1.165) is 12.8 Å². The summed E-state index contributed by atoms with van der Waals surface area (Å²) in [7, 11) is -3.53. The molecule has 0 fully saturated rings. The van der Waals surface area contributed by atoms with E-state index in [9.17, 15) is 8.42 Å². The van der Waals surface area contributed by atoms with Crippen LogP contribution in [-0.4, -0.2) is 21.5 Å². The summed E-state index contributed by atoms with van der Waals surface area (Å²) in [5.41, 5.74) is 5.81. The molecule has 0 atom stereocenters. The zero-order valence-corrected chi connectivity index (χ0v) is 12.8. The molecule has 0 aliphatic carbocycles. The maximum Gasteiger partial charge on any atom is 0.241 e. The first-order chi connectivity index (χ1) is 9.55. The van der Waals surface area contributed by atoms with Crippen molar-refractivity contribution in [3.8, 4) is 11.8 Å². The fraction of sp³-hybridized carbons (Fsp3) is 0.467. The zero-order valence-electron chi connectivity index (χ0n) is 12.0. The van der Waals surface area contributed by atoms with Crippen LogP contribution in [0.3, 0.4) is 0 Å². The van der Waals surface area contributed by atoms with Gasteiger partial charge in [0, 0.05) is 12.1 Å². The Hall–Kier alpha value is -1.35. The Kier molecular flexibility index (Phi) is 6.73. The molecular formula is C15H22N2O2S. The lowest BCUT2D eigenvalue weighted by Gasteiger charge is -2.14. The maximum absolute atomic E-state index is 12.3.